The summed E-state index contributed by atoms with van der Waals surface area (Å²) in [7, 11) is 0. The summed E-state index contributed by atoms with van der Waals surface area (Å²) in [5.74, 6) is -0.873. The van der Waals surface area contributed by atoms with Crippen LogP contribution >= 0.6 is 0 Å². The maximum absolute atomic E-state index is 13.7. The normalized spacial score (nSPS) is 14.9. The monoisotopic (exact) mass is 438 g/mol. The molecule has 164 valence electrons. The average Bonchev–Trinajstić information content (AvgIpc) is 3.29. The molecule has 2 aliphatic rings. The Bertz CT molecular complexity index is 1430. The summed E-state index contributed by atoms with van der Waals surface area (Å²) in [5, 5.41) is 20.0. The number of para-hydroxylation sites is 1. The molecule has 3 aromatic carbocycles. The summed E-state index contributed by atoms with van der Waals surface area (Å²) in [6.45, 7) is 1.77. The number of nitrogens with one attached hydrogen (secondary N) is 1. The Balaban J connectivity index is 1.62. The third-order valence-electron chi connectivity index (χ3n) is 6.49. The number of carbonyl (C=O) groups excluding carboxylic acids is 2. The van der Waals surface area contributed by atoms with Crippen molar-refractivity contribution in [3.8, 4) is 11.3 Å². The van der Waals surface area contributed by atoms with Crippen molar-refractivity contribution < 1.29 is 19.2 Å². The lowest BCUT2D eigenvalue weighted by molar-refractivity contribution is -0.254. The Morgan fingerprint density at radius 3 is 2.48 bits per heavy atom. The van der Waals surface area contributed by atoms with Gasteiger partial charge < -0.3 is 24.6 Å². The molecular weight excluding hydrogens is 418 g/mol. The van der Waals surface area contributed by atoms with E-state index < -0.39 is 5.97 Å². The summed E-state index contributed by atoms with van der Waals surface area (Å²) in [4.78, 5) is 27.6. The first-order valence-electron chi connectivity index (χ1n) is 11.1. The second kappa shape index (κ2) is 7.48. The Hall–Kier alpha value is -4.13. The lowest BCUT2D eigenvalue weighted by atomic mass is 9.86. The number of nitrogens with zero attached hydrogens (tertiary/aromatic N) is 2. The number of carbonyl (C=O) groups is 2. The molecule has 0 unspecified atom stereocenters. The van der Waals surface area contributed by atoms with Crippen molar-refractivity contribution in [2.24, 2.45) is 0 Å². The lowest BCUT2D eigenvalue weighted by Gasteiger charge is -2.30. The smallest absolute Gasteiger partial charge is 0.196 e. The van der Waals surface area contributed by atoms with E-state index in [0.717, 1.165) is 37.2 Å². The summed E-state index contributed by atoms with van der Waals surface area (Å²) < 4.78 is 5.81. The van der Waals surface area contributed by atoms with Gasteiger partial charge in [-0.3, -0.25) is 4.79 Å². The molecule has 6 rings (SSSR count). The van der Waals surface area contributed by atoms with E-state index >= 15 is 0 Å². The van der Waals surface area contributed by atoms with Crippen molar-refractivity contribution in [1.29, 1.82) is 0 Å². The third-order valence-corrected chi connectivity index (χ3v) is 6.49. The van der Waals surface area contributed by atoms with Crippen molar-refractivity contribution in [2.75, 3.05) is 23.3 Å². The second-order valence-electron chi connectivity index (χ2n) is 8.43. The SMILES string of the molecule is O=C([O-])c1ccccc1Nc1cc(N2CCCCC2)c2noc3c2c1C(=O)c1ccccc1-3. The van der Waals surface area contributed by atoms with Gasteiger partial charge in [-0.25, -0.2) is 0 Å². The number of carboxylic acids is 1. The maximum Gasteiger partial charge on any atom is 0.196 e. The van der Waals surface area contributed by atoms with Gasteiger partial charge in [0.2, 0.25) is 0 Å². The van der Waals surface area contributed by atoms with Crippen molar-refractivity contribution in [1.82, 2.24) is 5.16 Å². The van der Waals surface area contributed by atoms with Gasteiger partial charge in [0.1, 0.15) is 5.52 Å². The van der Waals surface area contributed by atoms with Crippen LogP contribution in [0.15, 0.2) is 59.1 Å². The minimum atomic E-state index is -1.29. The van der Waals surface area contributed by atoms with Gasteiger partial charge in [-0.2, -0.15) is 0 Å². The molecule has 0 saturated carbocycles. The number of aromatic nitrogens is 1. The number of fused-ring (bicyclic) bond motifs is 2. The molecule has 1 fully saturated rings. The van der Waals surface area contributed by atoms with Gasteiger partial charge in [-0.15, -0.1) is 0 Å². The van der Waals surface area contributed by atoms with E-state index in [-0.39, 0.29) is 11.3 Å². The number of aromatic carboxylic acids is 1. The quantitative estimate of drug-likeness (QED) is 0.450. The molecule has 33 heavy (non-hydrogen) atoms. The molecule has 1 saturated heterocycles. The number of ketones is 1. The Morgan fingerprint density at radius 2 is 1.70 bits per heavy atom. The molecule has 0 radical (unpaired) electrons. The summed E-state index contributed by atoms with van der Waals surface area (Å²) >= 11 is 0. The number of hydrogen-bond acceptors (Lipinski definition) is 7. The van der Waals surface area contributed by atoms with Crippen molar-refractivity contribution >= 4 is 39.7 Å². The molecule has 1 aromatic heterocycles. The van der Waals surface area contributed by atoms with Gasteiger partial charge in [-0.1, -0.05) is 47.6 Å². The molecule has 2 heterocycles. The molecule has 1 aliphatic heterocycles. The first-order valence-corrected chi connectivity index (χ1v) is 11.1. The van der Waals surface area contributed by atoms with Crippen LogP contribution in [0.25, 0.3) is 22.2 Å². The highest BCUT2D eigenvalue weighted by molar-refractivity contribution is 6.29. The molecule has 0 atom stereocenters. The number of benzene rings is 3. The second-order valence-corrected chi connectivity index (χ2v) is 8.43. The van der Waals surface area contributed by atoms with Crippen LogP contribution in [0, 0.1) is 0 Å². The van der Waals surface area contributed by atoms with Gasteiger partial charge in [0.05, 0.1) is 28.3 Å². The van der Waals surface area contributed by atoms with Gasteiger partial charge in [0.15, 0.2) is 11.5 Å². The Kier molecular flexibility index (Phi) is 4.43. The largest absolute Gasteiger partial charge is 0.545 e. The summed E-state index contributed by atoms with van der Waals surface area (Å²) in [6.07, 6.45) is 3.33. The molecular formula is C26H20N3O4-. The fraction of sp³-hybridized carbons (Fsp3) is 0.192. The first-order chi connectivity index (χ1) is 16.1. The lowest BCUT2D eigenvalue weighted by Crippen LogP contribution is -2.30. The van der Waals surface area contributed by atoms with Crippen LogP contribution in [-0.2, 0) is 0 Å². The number of rotatable bonds is 4. The van der Waals surface area contributed by atoms with E-state index in [4.69, 9.17) is 4.52 Å². The Labute approximate surface area is 189 Å². The van der Waals surface area contributed by atoms with Gasteiger partial charge >= 0.3 is 0 Å². The molecule has 7 nitrogen and oxygen atoms in total. The first kappa shape index (κ1) is 19.5. The zero-order valence-corrected chi connectivity index (χ0v) is 17.8. The van der Waals surface area contributed by atoms with Crippen molar-refractivity contribution in [2.45, 2.75) is 19.3 Å². The van der Waals surface area contributed by atoms with Gasteiger partial charge in [0, 0.05) is 35.5 Å². The fourth-order valence-corrected chi connectivity index (χ4v) is 4.93. The van der Waals surface area contributed by atoms with E-state index in [9.17, 15) is 14.7 Å². The van der Waals surface area contributed by atoms with E-state index in [2.05, 4.69) is 15.4 Å². The molecule has 0 spiro atoms. The summed E-state index contributed by atoms with van der Waals surface area (Å²) in [6, 6.07) is 15.7. The zero-order chi connectivity index (χ0) is 22.5. The highest BCUT2D eigenvalue weighted by Gasteiger charge is 2.34. The molecule has 7 heteroatoms. The van der Waals surface area contributed by atoms with Crippen molar-refractivity contribution in [3.63, 3.8) is 0 Å². The van der Waals surface area contributed by atoms with Crippen LogP contribution in [0.3, 0.4) is 0 Å². The molecule has 4 aromatic rings. The van der Waals surface area contributed by atoms with Crippen LogP contribution < -0.4 is 15.3 Å². The van der Waals surface area contributed by atoms with Crippen LogP contribution in [0.1, 0.15) is 45.5 Å². The van der Waals surface area contributed by atoms with Crippen LogP contribution in [0.4, 0.5) is 17.1 Å². The molecule has 1 N–H and O–H groups in total. The Morgan fingerprint density at radius 1 is 0.970 bits per heavy atom. The number of piperidine rings is 1. The van der Waals surface area contributed by atoms with Crippen LogP contribution in [0.5, 0.6) is 0 Å². The highest BCUT2D eigenvalue weighted by atomic mass is 16.5. The number of hydrogen-bond donors (Lipinski definition) is 1. The topological polar surface area (TPSA) is 98.5 Å². The molecule has 1 aliphatic carbocycles. The number of anilines is 3. The predicted molar refractivity (Wildman–Crippen MR) is 123 cm³/mol. The zero-order valence-electron chi connectivity index (χ0n) is 17.8. The van der Waals surface area contributed by atoms with Crippen LogP contribution in [0.2, 0.25) is 0 Å². The summed E-state index contributed by atoms with van der Waals surface area (Å²) in [5.41, 5.74) is 4.14. The van der Waals surface area contributed by atoms with E-state index in [1.165, 1.54) is 12.5 Å². The van der Waals surface area contributed by atoms with E-state index in [0.29, 0.717) is 39.2 Å². The highest BCUT2D eigenvalue weighted by Crippen LogP contribution is 2.46. The fourth-order valence-electron chi connectivity index (χ4n) is 4.93. The average molecular weight is 438 g/mol. The van der Waals surface area contributed by atoms with E-state index in [1.807, 2.05) is 24.3 Å². The number of carboxylic acid groups (broad SMARTS) is 1. The molecule has 0 bridgehead atoms. The molecule has 0 amide bonds. The predicted octanol–water partition coefficient (Wildman–Crippen LogP) is 4.14. The maximum atomic E-state index is 13.7. The third kappa shape index (κ3) is 3.00. The standard InChI is InChI=1S/C26H21N3O4/c30-24-15-8-2-3-9-16(15)25-22-21(24)19(27-18-11-5-4-10-17(18)26(31)32)14-20(23(22)28-33-25)29-12-6-1-7-13-29/h2-5,8-11,14,27H,1,6-7,12-13H2,(H,31,32)/p-1. The van der Waals surface area contributed by atoms with Gasteiger partial charge in [-0.05, 0) is 31.4 Å². The van der Waals surface area contributed by atoms with Gasteiger partial charge in [0.25, 0.3) is 0 Å². The minimum Gasteiger partial charge on any atom is -0.545 e. The van der Waals surface area contributed by atoms with Crippen LogP contribution in [-0.4, -0.2) is 30.0 Å². The van der Waals surface area contributed by atoms with Crippen molar-refractivity contribution in [3.05, 3.63) is 71.3 Å². The minimum absolute atomic E-state index is 0.0264. The van der Waals surface area contributed by atoms with E-state index in [1.54, 1.807) is 24.3 Å².